The third-order valence-corrected chi connectivity index (χ3v) is 3.74. The van der Waals surface area contributed by atoms with E-state index >= 15 is 0 Å². The molecule has 3 N–H and O–H groups in total. The van der Waals surface area contributed by atoms with E-state index in [1.165, 1.54) is 0 Å². The highest BCUT2D eigenvalue weighted by atomic mass is 16.5. The quantitative estimate of drug-likeness (QED) is 0.610. The van der Waals surface area contributed by atoms with Gasteiger partial charge in [-0.3, -0.25) is 4.79 Å². The van der Waals surface area contributed by atoms with Gasteiger partial charge in [-0.2, -0.15) is 0 Å². The van der Waals surface area contributed by atoms with Crippen LogP contribution in [-0.4, -0.2) is 17.4 Å². The number of carbonyl (C=O) groups is 1. The van der Waals surface area contributed by atoms with Gasteiger partial charge in [0, 0.05) is 6.07 Å². The summed E-state index contributed by atoms with van der Waals surface area (Å²) in [4.78, 5) is 15.4. The van der Waals surface area contributed by atoms with Gasteiger partial charge >= 0.3 is 0 Å². The first-order chi connectivity index (χ1) is 13.2. The number of nitrogens with one attached hydrogen (secondary N) is 1. The summed E-state index contributed by atoms with van der Waals surface area (Å²) in [6, 6.07) is 21.4. The third kappa shape index (κ3) is 5.74. The standard InChI is InChI=1S/C21H21N3O3/c22-20(25)13-24-21-19(27-15-17-9-5-2-6-10-17)11-18(12-23-21)26-14-16-7-3-1-4-8-16/h1-12H,13-15H2,(H2,22,25)(H,23,24). The lowest BCUT2D eigenvalue weighted by Gasteiger charge is -2.14. The number of pyridine rings is 1. The molecule has 0 saturated carbocycles. The lowest BCUT2D eigenvalue weighted by Crippen LogP contribution is -2.22. The first kappa shape index (κ1) is 18.3. The average Bonchev–Trinajstić information content (AvgIpc) is 2.71. The van der Waals surface area contributed by atoms with Gasteiger partial charge in [0.2, 0.25) is 5.91 Å². The molecule has 27 heavy (non-hydrogen) atoms. The van der Waals surface area contributed by atoms with Crippen molar-refractivity contribution in [2.75, 3.05) is 11.9 Å². The van der Waals surface area contributed by atoms with E-state index in [-0.39, 0.29) is 6.54 Å². The summed E-state index contributed by atoms with van der Waals surface area (Å²) in [5, 5.41) is 2.88. The molecular formula is C21H21N3O3. The Bertz CT molecular complexity index is 870. The number of primary amides is 1. The van der Waals surface area contributed by atoms with Crippen LogP contribution < -0.4 is 20.5 Å². The van der Waals surface area contributed by atoms with Gasteiger partial charge in [0.25, 0.3) is 0 Å². The summed E-state index contributed by atoms with van der Waals surface area (Å²) in [7, 11) is 0. The minimum absolute atomic E-state index is 0.0289. The minimum Gasteiger partial charge on any atom is -0.487 e. The van der Waals surface area contributed by atoms with Gasteiger partial charge in [0.05, 0.1) is 12.7 Å². The van der Waals surface area contributed by atoms with Gasteiger partial charge in [0.1, 0.15) is 19.0 Å². The molecule has 138 valence electrons. The fraction of sp³-hybridized carbons (Fsp3) is 0.143. The molecule has 1 heterocycles. The molecule has 0 atom stereocenters. The summed E-state index contributed by atoms with van der Waals surface area (Å²) in [5.41, 5.74) is 7.28. The number of aromatic nitrogens is 1. The Kier molecular flexibility index (Phi) is 6.25. The number of hydrogen-bond acceptors (Lipinski definition) is 5. The summed E-state index contributed by atoms with van der Waals surface area (Å²) in [6.07, 6.45) is 1.58. The normalized spacial score (nSPS) is 10.2. The van der Waals surface area contributed by atoms with Gasteiger partial charge in [-0.15, -0.1) is 0 Å². The number of benzene rings is 2. The number of nitrogens with two attached hydrogens (primary N) is 1. The Morgan fingerprint density at radius 2 is 1.52 bits per heavy atom. The maximum Gasteiger partial charge on any atom is 0.236 e. The van der Waals surface area contributed by atoms with Crippen molar-refractivity contribution in [2.45, 2.75) is 13.2 Å². The zero-order valence-corrected chi connectivity index (χ0v) is 14.8. The van der Waals surface area contributed by atoms with Crippen molar-refractivity contribution in [2.24, 2.45) is 5.73 Å². The summed E-state index contributed by atoms with van der Waals surface area (Å²) in [6.45, 7) is 0.767. The predicted octanol–water partition coefficient (Wildman–Crippen LogP) is 3.14. The van der Waals surface area contributed by atoms with Gasteiger partial charge in [-0.25, -0.2) is 4.98 Å². The highest BCUT2D eigenvalue weighted by Gasteiger charge is 2.10. The van der Waals surface area contributed by atoms with Gasteiger partial charge in [-0.05, 0) is 11.1 Å². The largest absolute Gasteiger partial charge is 0.487 e. The molecule has 0 aliphatic heterocycles. The Morgan fingerprint density at radius 3 is 2.11 bits per heavy atom. The van der Waals surface area contributed by atoms with Gasteiger partial charge < -0.3 is 20.5 Å². The first-order valence-electron chi connectivity index (χ1n) is 8.56. The van der Waals surface area contributed by atoms with E-state index in [0.717, 1.165) is 11.1 Å². The van der Waals surface area contributed by atoms with Crippen LogP contribution in [0.2, 0.25) is 0 Å². The number of amides is 1. The van der Waals surface area contributed by atoms with E-state index in [0.29, 0.717) is 30.5 Å². The second kappa shape index (κ2) is 9.24. The van der Waals surface area contributed by atoms with Crippen LogP contribution in [0.15, 0.2) is 72.9 Å². The second-order valence-corrected chi connectivity index (χ2v) is 5.89. The monoisotopic (exact) mass is 363 g/mol. The smallest absolute Gasteiger partial charge is 0.236 e. The minimum atomic E-state index is -0.477. The van der Waals surface area contributed by atoms with Crippen molar-refractivity contribution < 1.29 is 14.3 Å². The zero-order chi connectivity index (χ0) is 18.9. The number of nitrogens with zero attached hydrogens (tertiary/aromatic N) is 1. The summed E-state index contributed by atoms with van der Waals surface area (Å²) >= 11 is 0. The summed E-state index contributed by atoms with van der Waals surface area (Å²) < 4.78 is 11.7. The molecule has 1 amide bonds. The molecule has 0 spiro atoms. The van der Waals surface area contributed by atoms with E-state index in [1.807, 2.05) is 60.7 Å². The number of rotatable bonds is 9. The lowest BCUT2D eigenvalue weighted by atomic mass is 10.2. The van der Waals surface area contributed by atoms with Crippen LogP contribution >= 0.6 is 0 Å². The SMILES string of the molecule is NC(=O)CNc1ncc(OCc2ccccc2)cc1OCc1ccccc1. The van der Waals surface area contributed by atoms with Crippen LogP contribution in [0.5, 0.6) is 11.5 Å². The molecule has 6 heteroatoms. The Balaban J connectivity index is 1.72. The van der Waals surface area contributed by atoms with Crippen LogP contribution in [0.25, 0.3) is 0 Å². The third-order valence-electron chi connectivity index (χ3n) is 3.74. The van der Waals surface area contributed by atoms with E-state index < -0.39 is 5.91 Å². The Morgan fingerprint density at radius 1 is 0.926 bits per heavy atom. The fourth-order valence-electron chi connectivity index (χ4n) is 2.40. The Hall–Kier alpha value is -3.54. The fourth-order valence-corrected chi connectivity index (χ4v) is 2.40. The van der Waals surface area contributed by atoms with Crippen LogP contribution in [0.3, 0.4) is 0 Å². The number of hydrogen-bond donors (Lipinski definition) is 2. The lowest BCUT2D eigenvalue weighted by molar-refractivity contribution is -0.116. The summed E-state index contributed by atoms with van der Waals surface area (Å²) in [5.74, 6) is 1.03. The van der Waals surface area contributed by atoms with E-state index in [4.69, 9.17) is 15.2 Å². The van der Waals surface area contributed by atoms with E-state index in [1.54, 1.807) is 12.3 Å². The Labute approximate surface area is 158 Å². The molecule has 0 bridgehead atoms. The van der Waals surface area contributed by atoms with Crippen LogP contribution in [0.1, 0.15) is 11.1 Å². The molecule has 0 radical (unpaired) electrons. The van der Waals surface area contributed by atoms with Crippen molar-refractivity contribution in [3.63, 3.8) is 0 Å². The molecule has 6 nitrogen and oxygen atoms in total. The van der Waals surface area contributed by atoms with E-state index in [9.17, 15) is 4.79 Å². The van der Waals surface area contributed by atoms with Crippen LogP contribution in [0, 0.1) is 0 Å². The van der Waals surface area contributed by atoms with Crippen molar-refractivity contribution in [1.82, 2.24) is 4.98 Å². The van der Waals surface area contributed by atoms with Crippen molar-refractivity contribution in [1.29, 1.82) is 0 Å². The topological polar surface area (TPSA) is 86.5 Å². The molecule has 0 unspecified atom stereocenters. The first-order valence-corrected chi connectivity index (χ1v) is 8.56. The highest BCUT2D eigenvalue weighted by molar-refractivity contribution is 5.79. The van der Waals surface area contributed by atoms with Crippen LogP contribution in [-0.2, 0) is 18.0 Å². The maximum atomic E-state index is 11.1. The zero-order valence-electron chi connectivity index (χ0n) is 14.8. The van der Waals surface area contributed by atoms with E-state index in [2.05, 4.69) is 10.3 Å². The van der Waals surface area contributed by atoms with Gasteiger partial charge in [-0.1, -0.05) is 60.7 Å². The number of ether oxygens (including phenoxy) is 2. The molecule has 1 aromatic heterocycles. The van der Waals surface area contributed by atoms with Crippen molar-refractivity contribution >= 4 is 11.7 Å². The number of carbonyl (C=O) groups excluding carboxylic acids is 1. The molecule has 0 aliphatic carbocycles. The van der Waals surface area contributed by atoms with Crippen LogP contribution in [0.4, 0.5) is 5.82 Å². The molecule has 0 fully saturated rings. The predicted molar refractivity (Wildman–Crippen MR) is 103 cm³/mol. The molecule has 3 rings (SSSR count). The van der Waals surface area contributed by atoms with Gasteiger partial charge in [0.15, 0.2) is 11.6 Å². The number of anilines is 1. The second-order valence-electron chi connectivity index (χ2n) is 5.89. The molecule has 3 aromatic rings. The molecular weight excluding hydrogens is 342 g/mol. The van der Waals surface area contributed by atoms with Crippen molar-refractivity contribution in [3.05, 3.63) is 84.1 Å². The molecule has 0 aliphatic rings. The highest BCUT2D eigenvalue weighted by Crippen LogP contribution is 2.28. The maximum absolute atomic E-state index is 11.1. The molecule has 2 aromatic carbocycles. The van der Waals surface area contributed by atoms with Crippen molar-refractivity contribution in [3.8, 4) is 11.5 Å². The molecule has 0 saturated heterocycles. The average molecular weight is 363 g/mol.